The maximum Gasteiger partial charge on any atom is 0.415 e. The minimum atomic E-state index is -0.572. The van der Waals surface area contributed by atoms with Gasteiger partial charge in [-0.3, -0.25) is 5.32 Å². The molecule has 1 N–H and O–H groups in total. The molecular weight excluding hydrogens is 272 g/mol. The molecule has 0 saturated heterocycles. The predicted octanol–water partition coefficient (Wildman–Crippen LogP) is 3.49. The third kappa shape index (κ3) is 5.72. The van der Waals surface area contributed by atoms with Gasteiger partial charge in [0.1, 0.15) is 5.75 Å². The first-order valence-electron chi connectivity index (χ1n) is 7.02. The zero-order chi connectivity index (χ0) is 15.7. The number of hydrogen-bond acceptors (Lipinski definition) is 4. The van der Waals surface area contributed by atoms with E-state index in [1.165, 1.54) is 7.11 Å². The summed E-state index contributed by atoms with van der Waals surface area (Å²) in [5, 5.41) is 2.52. The van der Waals surface area contributed by atoms with Crippen molar-refractivity contribution < 1.29 is 19.1 Å². The van der Waals surface area contributed by atoms with Crippen molar-refractivity contribution in [3.63, 3.8) is 0 Å². The summed E-state index contributed by atoms with van der Waals surface area (Å²) in [6.07, 6.45) is 0.795. The molecular formula is C15H22N2O4. The average Bonchev–Trinajstić information content (AvgIpc) is 2.47. The number of carbonyl (C=O) groups is 2. The number of ether oxygens (including phenoxy) is 2. The van der Waals surface area contributed by atoms with Crippen LogP contribution >= 0.6 is 0 Å². The van der Waals surface area contributed by atoms with Crippen LogP contribution in [0, 0.1) is 0 Å². The number of nitrogens with zero attached hydrogens (tertiary/aromatic N) is 1. The normalized spacial score (nSPS) is 9.86. The number of rotatable bonds is 6. The minimum Gasteiger partial charge on any atom is -0.453 e. The van der Waals surface area contributed by atoms with Crippen LogP contribution in [0.5, 0.6) is 5.75 Å². The van der Waals surface area contributed by atoms with Gasteiger partial charge in [0.25, 0.3) is 0 Å². The van der Waals surface area contributed by atoms with Crippen LogP contribution in [0.1, 0.15) is 26.7 Å². The van der Waals surface area contributed by atoms with Crippen LogP contribution < -0.4 is 10.1 Å². The van der Waals surface area contributed by atoms with E-state index in [0.29, 0.717) is 24.5 Å². The van der Waals surface area contributed by atoms with Crippen molar-refractivity contribution >= 4 is 17.9 Å². The highest BCUT2D eigenvalue weighted by Crippen LogP contribution is 2.18. The van der Waals surface area contributed by atoms with Crippen molar-refractivity contribution in [1.82, 2.24) is 4.90 Å². The van der Waals surface area contributed by atoms with Gasteiger partial charge in [0.15, 0.2) is 0 Å². The molecule has 0 heterocycles. The summed E-state index contributed by atoms with van der Waals surface area (Å²) in [6, 6.07) is 6.61. The molecule has 1 aromatic rings. The molecule has 1 rings (SSSR count). The standard InChI is InChI=1S/C15H22N2O4/c1-4-9-17(10-5-2)15(19)21-13-8-6-7-12(11-13)16-14(18)20-3/h6-8,11H,4-5,9-10H2,1-3H3,(H,16,18). The smallest absolute Gasteiger partial charge is 0.415 e. The molecule has 0 unspecified atom stereocenters. The second-order valence-corrected chi connectivity index (χ2v) is 4.50. The van der Waals surface area contributed by atoms with Crippen LogP contribution in [0.2, 0.25) is 0 Å². The molecule has 6 heteroatoms. The van der Waals surface area contributed by atoms with Gasteiger partial charge in [-0.1, -0.05) is 19.9 Å². The molecule has 0 bridgehead atoms. The zero-order valence-electron chi connectivity index (χ0n) is 12.7. The average molecular weight is 294 g/mol. The molecule has 0 fully saturated rings. The summed E-state index contributed by atoms with van der Waals surface area (Å²) in [5.74, 6) is 0.381. The molecule has 0 radical (unpaired) electrons. The van der Waals surface area contributed by atoms with E-state index < -0.39 is 6.09 Å². The Morgan fingerprint density at radius 3 is 2.43 bits per heavy atom. The summed E-state index contributed by atoms with van der Waals surface area (Å²) >= 11 is 0. The van der Waals surface area contributed by atoms with Gasteiger partial charge in [0, 0.05) is 24.8 Å². The van der Waals surface area contributed by atoms with Gasteiger partial charge in [-0.2, -0.15) is 0 Å². The van der Waals surface area contributed by atoms with E-state index in [-0.39, 0.29) is 6.09 Å². The first-order valence-corrected chi connectivity index (χ1v) is 7.02. The lowest BCUT2D eigenvalue weighted by atomic mass is 10.3. The Morgan fingerprint density at radius 2 is 1.86 bits per heavy atom. The first-order chi connectivity index (χ1) is 10.1. The Bertz CT molecular complexity index is 470. The van der Waals surface area contributed by atoms with Crippen LogP contribution in [0.25, 0.3) is 0 Å². The lowest BCUT2D eigenvalue weighted by Crippen LogP contribution is -2.34. The van der Waals surface area contributed by atoms with Crippen LogP contribution in [0.15, 0.2) is 24.3 Å². The fraction of sp³-hybridized carbons (Fsp3) is 0.467. The van der Waals surface area contributed by atoms with E-state index in [9.17, 15) is 9.59 Å². The van der Waals surface area contributed by atoms with Crippen molar-refractivity contribution in [2.24, 2.45) is 0 Å². The minimum absolute atomic E-state index is 0.381. The van der Waals surface area contributed by atoms with Crippen molar-refractivity contribution in [2.45, 2.75) is 26.7 Å². The van der Waals surface area contributed by atoms with Crippen molar-refractivity contribution in [3.8, 4) is 5.75 Å². The van der Waals surface area contributed by atoms with Gasteiger partial charge in [-0.25, -0.2) is 9.59 Å². The van der Waals surface area contributed by atoms with E-state index in [0.717, 1.165) is 12.8 Å². The Balaban J connectivity index is 2.70. The highest BCUT2D eigenvalue weighted by atomic mass is 16.6. The molecule has 0 aliphatic heterocycles. The molecule has 2 amide bonds. The van der Waals surface area contributed by atoms with E-state index in [1.807, 2.05) is 13.8 Å². The lowest BCUT2D eigenvalue weighted by Gasteiger charge is -2.20. The van der Waals surface area contributed by atoms with Gasteiger partial charge < -0.3 is 14.4 Å². The highest BCUT2D eigenvalue weighted by molar-refractivity contribution is 5.84. The van der Waals surface area contributed by atoms with Crippen LogP contribution in [0.4, 0.5) is 15.3 Å². The molecule has 21 heavy (non-hydrogen) atoms. The Hall–Kier alpha value is -2.24. The van der Waals surface area contributed by atoms with Gasteiger partial charge in [0.05, 0.1) is 7.11 Å². The number of amides is 2. The molecule has 0 aliphatic carbocycles. The topological polar surface area (TPSA) is 67.9 Å². The van der Waals surface area contributed by atoms with Gasteiger partial charge in [-0.15, -0.1) is 0 Å². The summed E-state index contributed by atoms with van der Waals surface area (Å²) in [6.45, 7) is 5.34. The lowest BCUT2D eigenvalue weighted by molar-refractivity contribution is 0.152. The number of benzene rings is 1. The quantitative estimate of drug-likeness (QED) is 0.872. The van der Waals surface area contributed by atoms with Gasteiger partial charge in [0.2, 0.25) is 0 Å². The SMILES string of the molecule is CCCN(CCC)C(=O)Oc1cccc(NC(=O)OC)c1. The number of methoxy groups -OCH3 is 1. The molecule has 0 aromatic heterocycles. The largest absolute Gasteiger partial charge is 0.453 e. The van der Waals surface area contributed by atoms with E-state index in [1.54, 1.807) is 29.2 Å². The third-order valence-electron chi connectivity index (χ3n) is 2.72. The van der Waals surface area contributed by atoms with Crippen molar-refractivity contribution in [3.05, 3.63) is 24.3 Å². The van der Waals surface area contributed by atoms with Gasteiger partial charge >= 0.3 is 12.2 Å². The third-order valence-corrected chi connectivity index (χ3v) is 2.72. The summed E-state index contributed by atoms with van der Waals surface area (Å²) < 4.78 is 9.84. The molecule has 0 atom stereocenters. The second kappa shape index (κ2) is 8.84. The Morgan fingerprint density at radius 1 is 1.19 bits per heavy atom. The van der Waals surface area contributed by atoms with E-state index >= 15 is 0 Å². The number of anilines is 1. The second-order valence-electron chi connectivity index (χ2n) is 4.50. The van der Waals surface area contributed by atoms with Crippen molar-refractivity contribution in [1.29, 1.82) is 0 Å². The van der Waals surface area contributed by atoms with E-state index in [4.69, 9.17) is 4.74 Å². The van der Waals surface area contributed by atoms with Gasteiger partial charge in [-0.05, 0) is 25.0 Å². The number of nitrogens with one attached hydrogen (secondary N) is 1. The summed E-state index contributed by atoms with van der Waals surface area (Å²) in [5.41, 5.74) is 0.504. The van der Waals surface area contributed by atoms with E-state index in [2.05, 4.69) is 10.1 Å². The Labute approximate surface area is 125 Å². The van der Waals surface area contributed by atoms with Crippen LogP contribution in [-0.4, -0.2) is 37.3 Å². The molecule has 0 saturated carbocycles. The number of hydrogen-bond donors (Lipinski definition) is 1. The summed E-state index contributed by atoms with van der Waals surface area (Å²) in [4.78, 5) is 24.9. The monoisotopic (exact) mass is 294 g/mol. The molecule has 116 valence electrons. The molecule has 0 aliphatic rings. The maximum absolute atomic E-state index is 12.1. The highest BCUT2D eigenvalue weighted by Gasteiger charge is 2.14. The van der Waals surface area contributed by atoms with Crippen molar-refractivity contribution in [2.75, 3.05) is 25.5 Å². The first kappa shape index (κ1) is 16.8. The van der Waals surface area contributed by atoms with Crippen LogP contribution in [-0.2, 0) is 4.74 Å². The zero-order valence-corrected chi connectivity index (χ0v) is 12.7. The molecule has 6 nitrogen and oxygen atoms in total. The Kier molecular flexibility index (Phi) is 7.08. The summed E-state index contributed by atoms with van der Waals surface area (Å²) in [7, 11) is 1.28. The molecule has 0 spiro atoms. The number of carbonyl (C=O) groups excluding carboxylic acids is 2. The fourth-order valence-corrected chi connectivity index (χ4v) is 1.81. The van der Waals surface area contributed by atoms with Crippen LogP contribution in [0.3, 0.4) is 0 Å². The maximum atomic E-state index is 12.1. The predicted molar refractivity (Wildman–Crippen MR) is 80.6 cm³/mol. The molecule has 1 aromatic carbocycles. The fourth-order valence-electron chi connectivity index (χ4n) is 1.81.